The minimum absolute atomic E-state index is 0.0379. The summed E-state index contributed by atoms with van der Waals surface area (Å²) in [4.78, 5) is 55.8. The summed E-state index contributed by atoms with van der Waals surface area (Å²) in [6, 6.07) is 17.8. The molecule has 2 N–H and O–H groups in total. The Hall–Kier alpha value is -4.14. The fourth-order valence-electron chi connectivity index (χ4n) is 5.22. The maximum Gasteiger partial charge on any atom is 0.295 e. The largest absolute Gasteiger partial charge is 0.351 e. The maximum atomic E-state index is 14.0. The fraction of sp³-hybridized carbons (Fsp3) is 0.400. The Morgan fingerprint density at radius 3 is 2.18 bits per heavy atom. The number of carbonyl (C=O) groups is 3. The Morgan fingerprint density at radius 1 is 1.00 bits per heavy atom. The van der Waals surface area contributed by atoms with Crippen molar-refractivity contribution in [1.29, 1.82) is 0 Å². The van der Waals surface area contributed by atoms with Gasteiger partial charge in [-0.15, -0.1) is 0 Å². The van der Waals surface area contributed by atoms with Gasteiger partial charge >= 0.3 is 0 Å². The highest BCUT2D eigenvalue weighted by Gasteiger charge is 2.45. The first-order valence-electron chi connectivity index (χ1n) is 13.5. The molecule has 1 atom stereocenters. The van der Waals surface area contributed by atoms with Gasteiger partial charge in [-0.05, 0) is 57.4 Å². The molecule has 206 valence electrons. The molecule has 1 fully saturated rings. The third-order valence-electron chi connectivity index (χ3n) is 7.79. The Kier molecular flexibility index (Phi) is 8.38. The second-order valence-corrected chi connectivity index (χ2v) is 10.3. The molecule has 0 saturated heterocycles. The van der Waals surface area contributed by atoms with Gasteiger partial charge in [0.25, 0.3) is 11.5 Å². The average Bonchev–Trinajstić information content (AvgIpc) is 3.54. The van der Waals surface area contributed by atoms with E-state index in [9.17, 15) is 19.2 Å². The van der Waals surface area contributed by atoms with Crippen LogP contribution in [0.5, 0.6) is 0 Å². The maximum absolute atomic E-state index is 14.0. The van der Waals surface area contributed by atoms with Gasteiger partial charge in [0, 0.05) is 18.7 Å². The number of anilines is 1. The smallest absolute Gasteiger partial charge is 0.295 e. The standard InChI is InChI=1S/C30H37N5O4/c1-5-30(3,29(39)32-23-16-12-13-17-23)34(25(36)20-31-27(37)22-14-8-6-9-15-22)26-21(2)33(4)35(28(26)38)24-18-10-7-11-19-24/h6-11,14-15,18-19,23H,5,12-13,16-17,20H2,1-4H3,(H,31,37)(H,32,39)/t30-/m1/s1. The molecule has 1 saturated carbocycles. The van der Waals surface area contributed by atoms with Crippen LogP contribution < -0.4 is 21.1 Å². The Morgan fingerprint density at radius 2 is 1.59 bits per heavy atom. The number of benzene rings is 2. The van der Waals surface area contributed by atoms with E-state index < -0.39 is 22.9 Å². The third kappa shape index (κ3) is 5.53. The van der Waals surface area contributed by atoms with E-state index in [1.165, 1.54) is 9.58 Å². The van der Waals surface area contributed by atoms with Crippen molar-refractivity contribution in [3.05, 3.63) is 82.3 Å². The van der Waals surface area contributed by atoms with Crippen LogP contribution in [0.25, 0.3) is 5.69 Å². The van der Waals surface area contributed by atoms with Crippen molar-refractivity contribution in [3.63, 3.8) is 0 Å². The lowest BCUT2D eigenvalue weighted by Crippen LogP contribution is -2.62. The van der Waals surface area contributed by atoms with Crippen LogP contribution in [-0.4, -0.2) is 45.2 Å². The summed E-state index contributed by atoms with van der Waals surface area (Å²) >= 11 is 0. The number of hydrogen-bond acceptors (Lipinski definition) is 4. The first-order valence-corrected chi connectivity index (χ1v) is 13.5. The summed E-state index contributed by atoms with van der Waals surface area (Å²) in [6.07, 6.45) is 4.13. The van der Waals surface area contributed by atoms with Crippen LogP contribution >= 0.6 is 0 Å². The van der Waals surface area contributed by atoms with Gasteiger partial charge in [0.1, 0.15) is 11.2 Å². The fourth-order valence-corrected chi connectivity index (χ4v) is 5.22. The highest BCUT2D eigenvalue weighted by atomic mass is 16.2. The highest BCUT2D eigenvalue weighted by molar-refractivity contribution is 6.06. The van der Waals surface area contributed by atoms with Crippen LogP contribution in [0.1, 0.15) is 62.0 Å². The van der Waals surface area contributed by atoms with Gasteiger partial charge in [-0.2, -0.15) is 0 Å². The van der Waals surface area contributed by atoms with Gasteiger partial charge < -0.3 is 10.6 Å². The van der Waals surface area contributed by atoms with Crippen LogP contribution in [0.15, 0.2) is 65.5 Å². The van der Waals surface area contributed by atoms with Crippen molar-refractivity contribution in [2.45, 2.75) is 64.5 Å². The van der Waals surface area contributed by atoms with Crippen LogP contribution in [0.3, 0.4) is 0 Å². The summed E-state index contributed by atoms with van der Waals surface area (Å²) in [5.74, 6) is -1.27. The summed E-state index contributed by atoms with van der Waals surface area (Å²) in [7, 11) is 1.74. The second-order valence-electron chi connectivity index (χ2n) is 10.3. The molecule has 0 unspecified atom stereocenters. The third-order valence-corrected chi connectivity index (χ3v) is 7.79. The molecule has 0 bridgehead atoms. The number of aromatic nitrogens is 2. The van der Waals surface area contributed by atoms with Gasteiger partial charge in [-0.3, -0.25) is 28.8 Å². The lowest BCUT2D eigenvalue weighted by molar-refractivity contribution is -0.130. The van der Waals surface area contributed by atoms with E-state index in [2.05, 4.69) is 10.6 Å². The molecule has 2 aromatic carbocycles. The van der Waals surface area contributed by atoms with E-state index >= 15 is 0 Å². The normalized spacial score (nSPS) is 15.0. The van der Waals surface area contributed by atoms with Crippen molar-refractivity contribution in [2.24, 2.45) is 7.05 Å². The van der Waals surface area contributed by atoms with Crippen molar-refractivity contribution >= 4 is 23.4 Å². The predicted molar refractivity (Wildman–Crippen MR) is 151 cm³/mol. The van der Waals surface area contributed by atoms with Crippen molar-refractivity contribution in [3.8, 4) is 5.69 Å². The van der Waals surface area contributed by atoms with Crippen LogP contribution in [0.2, 0.25) is 0 Å². The minimum Gasteiger partial charge on any atom is -0.351 e. The molecule has 0 radical (unpaired) electrons. The highest BCUT2D eigenvalue weighted by Crippen LogP contribution is 2.30. The molecule has 39 heavy (non-hydrogen) atoms. The lowest BCUT2D eigenvalue weighted by Gasteiger charge is -2.39. The summed E-state index contributed by atoms with van der Waals surface area (Å²) in [6.45, 7) is 4.89. The van der Waals surface area contributed by atoms with E-state index in [4.69, 9.17) is 0 Å². The second kappa shape index (κ2) is 11.7. The van der Waals surface area contributed by atoms with E-state index in [-0.39, 0.29) is 30.6 Å². The van der Waals surface area contributed by atoms with Gasteiger partial charge in [0.15, 0.2) is 0 Å². The number of hydrogen-bond donors (Lipinski definition) is 2. The van der Waals surface area contributed by atoms with Gasteiger partial charge in [0.05, 0.1) is 17.9 Å². The number of para-hydroxylation sites is 1. The first-order chi connectivity index (χ1) is 18.7. The zero-order chi connectivity index (χ0) is 28.2. The minimum atomic E-state index is -1.36. The molecular formula is C30H37N5O4. The SMILES string of the molecule is CC[C@](C)(C(=O)NC1CCCC1)N(C(=O)CNC(=O)c1ccccc1)c1c(C)n(C)n(-c2ccccc2)c1=O. The van der Waals surface area contributed by atoms with Gasteiger partial charge in [-0.25, -0.2) is 4.68 Å². The first kappa shape index (κ1) is 27.9. The number of carbonyl (C=O) groups excluding carboxylic acids is 3. The number of nitrogens with zero attached hydrogens (tertiary/aromatic N) is 3. The Labute approximate surface area is 228 Å². The van der Waals surface area contributed by atoms with E-state index in [1.807, 2.05) is 37.3 Å². The van der Waals surface area contributed by atoms with Crippen molar-refractivity contribution in [1.82, 2.24) is 20.0 Å². The molecular weight excluding hydrogens is 494 g/mol. The molecule has 1 aromatic heterocycles. The molecule has 1 heterocycles. The molecule has 1 aliphatic rings. The summed E-state index contributed by atoms with van der Waals surface area (Å²) in [5.41, 5.74) is -0.0886. The summed E-state index contributed by atoms with van der Waals surface area (Å²) in [5, 5.41) is 5.79. The molecule has 0 aliphatic heterocycles. The van der Waals surface area contributed by atoms with Crippen molar-refractivity contribution < 1.29 is 14.4 Å². The van der Waals surface area contributed by atoms with Crippen LogP contribution in [0, 0.1) is 6.92 Å². The molecule has 0 spiro atoms. The monoisotopic (exact) mass is 531 g/mol. The van der Waals surface area contributed by atoms with E-state index in [1.54, 1.807) is 55.9 Å². The number of nitrogens with one attached hydrogen (secondary N) is 2. The molecule has 4 rings (SSSR count). The van der Waals surface area contributed by atoms with E-state index in [0.29, 0.717) is 16.9 Å². The molecule has 9 heteroatoms. The number of rotatable bonds is 9. The Balaban J connectivity index is 1.76. The van der Waals surface area contributed by atoms with Gasteiger partial charge in [0.2, 0.25) is 11.8 Å². The molecule has 9 nitrogen and oxygen atoms in total. The Bertz CT molecular complexity index is 1390. The van der Waals surface area contributed by atoms with Crippen LogP contribution in [0.4, 0.5) is 5.69 Å². The number of amides is 3. The predicted octanol–water partition coefficient (Wildman–Crippen LogP) is 3.47. The lowest BCUT2D eigenvalue weighted by atomic mass is 9.93. The van der Waals surface area contributed by atoms with Crippen LogP contribution in [-0.2, 0) is 16.6 Å². The molecule has 3 aromatic rings. The van der Waals surface area contributed by atoms with Crippen molar-refractivity contribution in [2.75, 3.05) is 11.4 Å². The quantitative estimate of drug-likeness (QED) is 0.441. The molecule has 3 amide bonds. The zero-order valence-electron chi connectivity index (χ0n) is 23.1. The topological polar surface area (TPSA) is 105 Å². The summed E-state index contributed by atoms with van der Waals surface area (Å²) < 4.78 is 3.17. The average molecular weight is 532 g/mol. The zero-order valence-corrected chi connectivity index (χ0v) is 23.1. The van der Waals surface area contributed by atoms with E-state index in [0.717, 1.165) is 25.7 Å². The van der Waals surface area contributed by atoms with Gasteiger partial charge in [-0.1, -0.05) is 56.2 Å². The molecule has 1 aliphatic carbocycles.